The lowest BCUT2D eigenvalue weighted by molar-refractivity contribution is -0.116. The molecule has 0 spiro atoms. The molecule has 0 fully saturated rings. The molecular weight excluding hydrogens is 252 g/mol. The van der Waals surface area contributed by atoms with Crippen molar-refractivity contribution in [2.45, 2.75) is 19.4 Å². The van der Waals surface area contributed by atoms with Gasteiger partial charge in [-0.3, -0.25) is 4.79 Å². The second-order valence-corrected chi connectivity index (χ2v) is 5.05. The van der Waals surface area contributed by atoms with Crippen molar-refractivity contribution in [2.75, 3.05) is 10.6 Å². The molecule has 0 saturated carbocycles. The minimum absolute atomic E-state index is 0.0636. The van der Waals surface area contributed by atoms with Crippen molar-refractivity contribution < 1.29 is 9.90 Å². The number of hydrogen-bond acceptors (Lipinski definition) is 3. The number of carbonyl (C=O) groups is 1. The Kier molecular flexibility index (Phi) is 3.06. The fourth-order valence-corrected chi connectivity index (χ4v) is 2.42. The number of rotatable bonds is 2. The first-order chi connectivity index (χ1) is 9.63. The molecule has 0 aliphatic carbocycles. The minimum atomic E-state index is -0.249. The first-order valence-electron chi connectivity index (χ1n) is 6.58. The molecule has 1 atom stereocenters. The summed E-state index contributed by atoms with van der Waals surface area (Å²) >= 11 is 0. The molecule has 0 aromatic heterocycles. The summed E-state index contributed by atoms with van der Waals surface area (Å²) in [5.74, 6) is 0.167. The molecule has 2 aromatic rings. The van der Waals surface area contributed by atoms with Crippen LogP contribution in [-0.4, -0.2) is 17.1 Å². The number of amides is 1. The number of hydrogen-bond donors (Lipinski definition) is 3. The SMILES string of the molecule is Cc1cc(NC(=O)[C@@H]2Cc3ccccc3N2)ccc1O. The molecular formula is C16H16N2O2. The molecule has 0 radical (unpaired) electrons. The quantitative estimate of drug-likeness (QED) is 0.734. The molecule has 4 heteroatoms. The number of anilines is 2. The lowest BCUT2D eigenvalue weighted by atomic mass is 10.1. The highest BCUT2D eigenvalue weighted by molar-refractivity contribution is 5.98. The summed E-state index contributed by atoms with van der Waals surface area (Å²) in [6.07, 6.45) is 0.694. The topological polar surface area (TPSA) is 61.4 Å². The highest BCUT2D eigenvalue weighted by Crippen LogP contribution is 2.26. The van der Waals surface area contributed by atoms with Gasteiger partial charge in [-0.1, -0.05) is 18.2 Å². The molecule has 3 N–H and O–H groups in total. The number of aryl methyl sites for hydroxylation is 1. The number of nitrogens with one attached hydrogen (secondary N) is 2. The highest BCUT2D eigenvalue weighted by atomic mass is 16.3. The Balaban J connectivity index is 1.71. The first-order valence-corrected chi connectivity index (χ1v) is 6.58. The lowest BCUT2D eigenvalue weighted by Gasteiger charge is -2.12. The van der Waals surface area contributed by atoms with E-state index in [0.29, 0.717) is 12.1 Å². The van der Waals surface area contributed by atoms with Gasteiger partial charge >= 0.3 is 0 Å². The third kappa shape index (κ3) is 2.32. The van der Waals surface area contributed by atoms with Crippen molar-refractivity contribution in [1.82, 2.24) is 0 Å². The third-order valence-corrected chi connectivity index (χ3v) is 3.55. The van der Waals surface area contributed by atoms with E-state index in [1.807, 2.05) is 24.3 Å². The van der Waals surface area contributed by atoms with Gasteiger partial charge in [-0.25, -0.2) is 0 Å². The Morgan fingerprint density at radius 1 is 1.30 bits per heavy atom. The molecule has 0 bridgehead atoms. The third-order valence-electron chi connectivity index (χ3n) is 3.55. The standard InChI is InChI=1S/C16H16N2O2/c1-10-8-12(6-7-15(10)19)17-16(20)14-9-11-4-2-3-5-13(11)18-14/h2-8,14,18-19H,9H2,1H3,(H,17,20)/t14-/m0/s1. The maximum atomic E-state index is 12.2. The Bertz CT molecular complexity index is 642. The van der Waals surface area contributed by atoms with Crippen LogP contribution >= 0.6 is 0 Å². The van der Waals surface area contributed by atoms with Gasteiger partial charge in [-0.2, -0.15) is 0 Å². The summed E-state index contributed by atoms with van der Waals surface area (Å²) < 4.78 is 0. The molecule has 1 amide bonds. The predicted octanol–water partition coefficient (Wildman–Crippen LogP) is 2.68. The summed E-state index contributed by atoms with van der Waals surface area (Å²) in [6, 6.07) is 12.7. The molecule has 4 nitrogen and oxygen atoms in total. The fraction of sp³-hybridized carbons (Fsp3) is 0.188. The van der Waals surface area contributed by atoms with E-state index in [2.05, 4.69) is 10.6 Å². The van der Waals surface area contributed by atoms with Crippen LogP contribution in [0.4, 0.5) is 11.4 Å². The molecule has 0 unspecified atom stereocenters. The summed E-state index contributed by atoms with van der Waals surface area (Å²) in [5, 5.41) is 15.6. The fourth-order valence-electron chi connectivity index (χ4n) is 2.42. The van der Waals surface area contributed by atoms with Crippen molar-refractivity contribution in [2.24, 2.45) is 0 Å². The van der Waals surface area contributed by atoms with Gasteiger partial charge in [0, 0.05) is 17.8 Å². The number of fused-ring (bicyclic) bond motifs is 1. The molecule has 20 heavy (non-hydrogen) atoms. The Hall–Kier alpha value is -2.49. The van der Waals surface area contributed by atoms with Gasteiger partial charge in [0.1, 0.15) is 11.8 Å². The van der Waals surface area contributed by atoms with Crippen molar-refractivity contribution in [1.29, 1.82) is 0 Å². The van der Waals surface area contributed by atoms with Crippen molar-refractivity contribution in [3.63, 3.8) is 0 Å². The highest BCUT2D eigenvalue weighted by Gasteiger charge is 2.26. The molecule has 0 saturated heterocycles. The lowest BCUT2D eigenvalue weighted by Crippen LogP contribution is -2.32. The summed E-state index contributed by atoms with van der Waals surface area (Å²) in [4.78, 5) is 12.2. The van der Waals surface area contributed by atoms with Crippen molar-refractivity contribution >= 4 is 17.3 Å². The largest absolute Gasteiger partial charge is 0.508 e. The second-order valence-electron chi connectivity index (χ2n) is 5.05. The van der Waals surface area contributed by atoms with Gasteiger partial charge in [0.05, 0.1) is 0 Å². The average Bonchev–Trinajstić information content (AvgIpc) is 2.87. The minimum Gasteiger partial charge on any atom is -0.508 e. The van der Waals surface area contributed by atoms with E-state index in [9.17, 15) is 9.90 Å². The average molecular weight is 268 g/mol. The summed E-state index contributed by atoms with van der Waals surface area (Å²) in [5.41, 5.74) is 3.62. The summed E-state index contributed by atoms with van der Waals surface area (Å²) in [6.45, 7) is 1.80. The predicted molar refractivity (Wildman–Crippen MR) is 79.0 cm³/mol. The van der Waals surface area contributed by atoms with Crippen LogP contribution in [0.2, 0.25) is 0 Å². The van der Waals surface area contributed by atoms with Crippen LogP contribution in [0.25, 0.3) is 0 Å². The van der Waals surface area contributed by atoms with Crippen molar-refractivity contribution in [3.8, 4) is 5.75 Å². The van der Waals surface area contributed by atoms with E-state index >= 15 is 0 Å². The smallest absolute Gasteiger partial charge is 0.247 e. The zero-order chi connectivity index (χ0) is 14.1. The first kappa shape index (κ1) is 12.5. The number of para-hydroxylation sites is 1. The Morgan fingerprint density at radius 3 is 2.85 bits per heavy atom. The number of benzene rings is 2. The molecule has 3 rings (SSSR count). The molecule has 102 valence electrons. The number of phenolic OH excluding ortho intramolecular Hbond substituents is 1. The molecule has 1 aliphatic heterocycles. The van der Waals surface area contributed by atoms with Crippen LogP contribution in [0.15, 0.2) is 42.5 Å². The number of aromatic hydroxyl groups is 1. The van der Waals surface area contributed by atoms with Crippen LogP contribution in [0.1, 0.15) is 11.1 Å². The van der Waals surface area contributed by atoms with Crippen LogP contribution in [0.3, 0.4) is 0 Å². The summed E-state index contributed by atoms with van der Waals surface area (Å²) in [7, 11) is 0. The van der Waals surface area contributed by atoms with Gasteiger partial charge in [-0.15, -0.1) is 0 Å². The van der Waals surface area contributed by atoms with E-state index in [1.54, 1.807) is 25.1 Å². The van der Waals surface area contributed by atoms with Crippen LogP contribution in [0, 0.1) is 6.92 Å². The Morgan fingerprint density at radius 2 is 2.10 bits per heavy atom. The molecule has 2 aromatic carbocycles. The normalized spacial score (nSPS) is 16.4. The maximum Gasteiger partial charge on any atom is 0.247 e. The van der Waals surface area contributed by atoms with Gasteiger partial charge < -0.3 is 15.7 Å². The Labute approximate surface area is 117 Å². The zero-order valence-electron chi connectivity index (χ0n) is 11.2. The monoisotopic (exact) mass is 268 g/mol. The van der Waals surface area contributed by atoms with Crippen LogP contribution < -0.4 is 10.6 Å². The van der Waals surface area contributed by atoms with Crippen LogP contribution in [-0.2, 0) is 11.2 Å². The van der Waals surface area contributed by atoms with Gasteiger partial charge in [0.2, 0.25) is 5.91 Å². The number of carbonyl (C=O) groups excluding carboxylic acids is 1. The van der Waals surface area contributed by atoms with Gasteiger partial charge in [0.15, 0.2) is 0 Å². The number of phenols is 1. The van der Waals surface area contributed by atoms with E-state index in [0.717, 1.165) is 16.8 Å². The zero-order valence-corrected chi connectivity index (χ0v) is 11.2. The molecule has 1 heterocycles. The van der Waals surface area contributed by atoms with Crippen LogP contribution in [0.5, 0.6) is 5.75 Å². The van der Waals surface area contributed by atoms with E-state index < -0.39 is 0 Å². The van der Waals surface area contributed by atoms with Crippen molar-refractivity contribution in [3.05, 3.63) is 53.6 Å². The van der Waals surface area contributed by atoms with E-state index in [-0.39, 0.29) is 17.7 Å². The van der Waals surface area contributed by atoms with E-state index in [4.69, 9.17) is 0 Å². The van der Waals surface area contributed by atoms with Gasteiger partial charge in [-0.05, 0) is 42.3 Å². The van der Waals surface area contributed by atoms with Gasteiger partial charge in [0.25, 0.3) is 0 Å². The van der Waals surface area contributed by atoms with E-state index in [1.165, 1.54) is 0 Å². The molecule has 1 aliphatic rings. The second kappa shape index (κ2) is 4.89. The maximum absolute atomic E-state index is 12.2.